The Balaban J connectivity index is 1.77. The molecule has 0 radical (unpaired) electrons. The van der Waals surface area contributed by atoms with E-state index in [2.05, 4.69) is 14.7 Å². The van der Waals surface area contributed by atoms with Crippen molar-refractivity contribution in [2.24, 2.45) is 0 Å². The number of rotatable bonds is 5. The Labute approximate surface area is 181 Å². The predicted octanol–water partition coefficient (Wildman–Crippen LogP) is 5.04. The van der Waals surface area contributed by atoms with Crippen LogP contribution in [0.1, 0.15) is 0 Å². The summed E-state index contributed by atoms with van der Waals surface area (Å²) in [6.07, 6.45) is 4.70. The fraction of sp³-hybridized carbons (Fsp3) is 0.0476. The molecule has 10 heteroatoms. The zero-order valence-electron chi connectivity index (χ0n) is 15.9. The number of hydrogen-bond acceptors (Lipinski definition) is 5. The van der Waals surface area contributed by atoms with Gasteiger partial charge in [0.25, 0.3) is 10.0 Å². The first-order valence-corrected chi connectivity index (χ1v) is 10.7. The molecule has 1 N–H and O–H groups in total. The Kier molecular flexibility index (Phi) is 5.47. The molecule has 0 atom stereocenters. The lowest BCUT2D eigenvalue weighted by Crippen LogP contribution is -2.15. The highest BCUT2D eigenvalue weighted by Crippen LogP contribution is 2.33. The zero-order chi connectivity index (χ0) is 22.2. The fourth-order valence-corrected chi connectivity index (χ4v) is 4.38. The third-order valence-corrected chi connectivity index (χ3v) is 6.22. The monoisotopic (exact) mass is 461 g/mol. The van der Waals surface area contributed by atoms with Gasteiger partial charge in [-0.05, 0) is 29.8 Å². The maximum absolute atomic E-state index is 14.0. The van der Waals surface area contributed by atoms with Crippen molar-refractivity contribution in [2.75, 3.05) is 11.8 Å². The van der Waals surface area contributed by atoms with Crippen molar-refractivity contribution < 1.29 is 21.9 Å². The summed E-state index contributed by atoms with van der Waals surface area (Å²) in [5, 5.41) is 2.07. The number of methoxy groups -OCH3 is 1. The predicted molar refractivity (Wildman–Crippen MR) is 114 cm³/mol. The number of ether oxygens (including phenoxy) is 1. The van der Waals surface area contributed by atoms with Crippen LogP contribution in [0.15, 0.2) is 66.0 Å². The second kappa shape index (κ2) is 8.09. The molecule has 158 valence electrons. The lowest BCUT2D eigenvalue weighted by Gasteiger charge is -2.13. The molecule has 6 nitrogen and oxygen atoms in total. The molecule has 2 heterocycles. The number of pyridine rings is 2. The normalized spacial score (nSPS) is 11.5. The van der Waals surface area contributed by atoms with Gasteiger partial charge in [0.15, 0.2) is 0 Å². The first-order chi connectivity index (χ1) is 14.8. The van der Waals surface area contributed by atoms with Gasteiger partial charge in [-0.3, -0.25) is 9.71 Å². The number of fused-ring (bicyclic) bond motifs is 1. The zero-order valence-corrected chi connectivity index (χ0v) is 17.5. The van der Waals surface area contributed by atoms with Gasteiger partial charge in [0.2, 0.25) is 5.88 Å². The highest BCUT2D eigenvalue weighted by atomic mass is 35.5. The van der Waals surface area contributed by atoms with Crippen LogP contribution in [0.2, 0.25) is 5.02 Å². The van der Waals surface area contributed by atoms with E-state index in [0.717, 1.165) is 22.9 Å². The van der Waals surface area contributed by atoms with E-state index in [-0.39, 0.29) is 11.6 Å². The van der Waals surface area contributed by atoms with Crippen LogP contribution in [0.25, 0.3) is 21.9 Å². The average Bonchev–Trinajstić information content (AvgIpc) is 2.73. The van der Waals surface area contributed by atoms with Gasteiger partial charge in [-0.2, -0.15) is 0 Å². The molecule has 0 fully saturated rings. The number of sulfonamides is 1. The molecule has 31 heavy (non-hydrogen) atoms. The van der Waals surface area contributed by atoms with Gasteiger partial charge in [-0.25, -0.2) is 22.2 Å². The van der Waals surface area contributed by atoms with Crippen molar-refractivity contribution in [1.29, 1.82) is 0 Å². The van der Waals surface area contributed by atoms with E-state index in [4.69, 9.17) is 16.3 Å². The van der Waals surface area contributed by atoms with Crippen LogP contribution in [-0.2, 0) is 10.0 Å². The Bertz CT molecular complexity index is 1410. The summed E-state index contributed by atoms with van der Waals surface area (Å²) in [6.45, 7) is 0. The van der Waals surface area contributed by atoms with Crippen LogP contribution in [0.4, 0.5) is 14.5 Å². The molecule has 2 aromatic carbocycles. The summed E-state index contributed by atoms with van der Waals surface area (Å²) in [7, 11) is -3.05. The number of nitrogens with zero attached hydrogens (tertiary/aromatic N) is 2. The van der Waals surface area contributed by atoms with Gasteiger partial charge in [0, 0.05) is 41.0 Å². The van der Waals surface area contributed by atoms with E-state index < -0.39 is 26.6 Å². The van der Waals surface area contributed by atoms with Crippen LogP contribution in [0.5, 0.6) is 5.88 Å². The molecule has 0 saturated heterocycles. The molecule has 0 bridgehead atoms. The van der Waals surface area contributed by atoms with Gasteiger partial charge in [-0.15, -0.1) is 0 Å². The summed E-state index contributed by atoms with van der Waals surface area (Å²) in [6, 6.07) is 9.15. The van der Waals surface area contributed by atoms with Crippen molar-refractivity contribution in [3.8, 4) is 17.0 Å². The minimum Gasteiger partial charge on any atom is -0.480 e. The number of halogens is 3. The molecule has 0 aliphatic rings. The van der Waals surface area contributed by atoms with Crippen molar-refractivity contribution >= 4 is 38.1 Å². The first kappa shape index (κ1) is 21.0. The number of aromatic nitrogens is 2. The van der Waals surface area contributed by atoms with Crippen LogP contribution < -0.4 is 9.46 Å². The summed E-state index contributed by atoms with van der Waals surface area (Å²) < 4.78 is 60.0. The molecule has 4 aromatic rings. The van der Waals surface area contributed by atoms with Crippen LogP contribution >= 0.6 is 11.6 Å². The third kappa shape index (κ3) is 4.14. The van der Waals surface area contributed by atoms with Crippen molar-refractivity contribution in [3.05, 3.63) is 77.7 Å². The minimum atomic E-state index is -4.37. The Morgan fingerprint density at radius 3 is 2.55 bits per heavy atom. The van der Waals surface area contributed by atoms with Crippen LogP contribution in [0, 0.1) is 11.6 Å². The first-order valence-electron chi connectivity index (χ1n) is 8.84. The molecule has 0 amide bonds. The summed E-state index contributed by atoms with van der Waals surface area (Å²) in [5.41, 5.74) is 1.27. The van der Waals surface area contributed by atoms with Gasteiger partial charge in [0.1, 0.15) is 22.2 Å². The fourth-order valence-electron chi connectivity index (χ4n) is 3.05. The number of anilines is 1. The Morgan fingerprint density at radius 2 is 1.81 bits per heavy atom. The summed E-state index contributed by atoms with van der Waals surface area (Å²) in [4.78, 5) is 7.48. The third-order valence-electron chi connectivity index (χ3n) is 4.52. The lowest BCUT2D eigenvalue weighted by molar-refractivity contribution is 0.400. The topological polar surface area (TPSA) is 81.2 Å². The van der Waals surface area contributed by atoms with Gasteiger partial charge < -0.3 is 4.74 Å². The van der Waals surface area contributed by atoms with Crippen molar-refractivity contribution in [2.45, 2.75) is 4.90 Å². The van der Waals surface area contributed by atoms with E-state index in [1.165, 1.54) is 25.6 Å². The average molecular weight is 462 g/mol. The van der Waals surface area contributed by atoms with Gasteiger partial charge >= 0.3 is 0 Å². The van der Waals surface area contributed by atoms with E-state index >= 15 is 0 Å². The number of benzene rings is 2. The SMILES string of the molecule is COc1ncc(-c2ccc3cncc(Cl)c3c2)cc1NS(=O)(=O)c1ccc(F)cc1F. The molecule has 2 aromatic heterocycles. The molecule has 0 aliphatic carbocycles. The molecule has 4 rings (SSSR count). The largest absolute Gasteiger partial charge is 0.480 e. The molecular formula is C21H14ClF2N3O3S. The maximum Gasteiger partial charge on any atom is 0.264 e. The Morgan fingerprint density at radius 1 is 1.00 bits per heavy atom. The smallest absolute Gasteiger partial charge is 0.264 e. The van der Waals surface area contributed by atoms with E-state index in [0.29, 0.717) is 22.2 Å². The van der Waals surface area contributed by atoms with Crippen molar-refractivity contribution in [3.63, 3.8) is 0 Å². The van der Waals surface area contributed by atoms with Crippen LogP contribution in [0.3, 0.4) is 0 Å². The van der Waals surface area contributed by atoms with Crippen LogP contribution in [-0.4, -0.2) is 25.5 Å². The summed E-state index contributed by atoms with van der Waals surface area (Å²) >= 11 is 6.22. The van der Waals surface area contributed by atoms with Crippen molar-refractivity contribution in [1.82, 2.24) is 9.97 Å². The Hall–Kier alpha value is -3.30. The quantitative estimate of drug-likeness (QED) is 0.450. The molecular weight excluding hydrogens is 448 g/mol. The van der Waals surface area contributed by atoms with E-state index in [9.17, 15) is 17.2 Å². The van der Waals surface area contributed by atoms with E-state index in [1.807, 2.05) is 18.2 Å². The highest BCUT2D eigenvalue weighted by molar-refractivity contribution is 7.92. The number of hydrogen-bond donors (Lipinski definition) is 1. The maximum atomic E-state index is 14.0. The standard InChI is InChI=1S/C21H14ClF2N3O3S/c1-30-21-19(27-31(28,29)20-5-4-15(23)8-18(20)24)7-14(10-26-21)12-2-3-13-9-25-11-17(22)16(13)6-12/h2-11,27H,1H3. The van der Waals surface area contributed by atoms with E-state index in [1.54, 1.807) is 6.20 Å². The molecule has 0 aliphatic heterocycles. The summed E-state index contributed by atoms with van der Waals surface area (Å²) in [5.74, 6) is -2.12. The number of nitrogens with one attached hydrogen (secondary N) is 1. The lowest BCUT2D eigenvalue weighted by atomic mass is 10.0. The second-order valence-electron chi connectivity index (χ2n) is 6.52. The second-order valence-corrected chi connectivity index (χ2v) is 8.58. The van der Waals surface area contributed by atoms with Gasteiger partial charge in [0.05, 0.1) is 12.1 Å². The molecule has 0 saturated carbocycles. The molecule has 0 spiro atoms. The highest BCUT2D eigenvalue weighted by Gasteiger charge is 2.22. The van der Waals surface area contributed by atoms with Gasteiger partial charge in [-0.1, -0.05) is 23.7 Å². The molecule has 0 unspecified atom stereocenters. The minimum absolute atomic E-state index is 0.00959.